The monoisotopic (exact) mass is 812 g/mol. The molecule has 4 aromatic heterocycles. The third kappa shape index (κ3) is 5.40. The number of rotatable bonds is 7. The van der Waals surface area contributed by atoms with Gasteiger partial charge in [-0.05, 0) is 71.3 Å². The van der Waals surface area contributed by atoms with Crippen molar-refractivity contribution in [2.45, 2.75) is 0 Å². The molecule has 59 heavy (non-hydrogen) atoms. The van der Waals surface area contributed by atoms with Crippen molar-refractivity contribution in [3.63, 3.8) is 0 Å². The van der Waals surface area contributed by atoms with Gasteiger partial charge in [-0.15, -0.1) is 0 Å². The van der Waals surface area contributed by atoms with Gasteiger partial charge in [-0.3, -0.25) is 0 Å². The van der Waals surface area contributed by atoms with Crippen LogP contribution in [-0.2, 0) is 0 Å². The molecule has 0 aliphatic heterocycles. The molecule has 4 heterocycles. The van der Waals surface area contributed by atoms with Crippen LogP contribution in [0.25, 0.3) is 94.0 Å². The van der Waals surface area contributed by atoms with E-state index >= 15 is 0 Å². The van der Waals surface area contributed by atoms with Crippen LogP contribution in [0.1, 0.15) is 0 Å². The first-order valence-corrected chi connectivity index (χ1v) is 21.2. The molecule has 0 radical (unpaired) electrons. The normalized spacial score (nSPS) is 11.7. The second-order valence-corrected chi connectivity index (χ2v) is 15.9. The van der Waals surface area contributed by atoms with Crippen LogP contribution >= 0.6 is 35.2 Å². The lowest BCUT2D eigenvalue weighted by atomic mass is 9.97. The molecule has 0 fully saturated rings. The van der Waals surface area contributed by atoms with E-state index < -0.39 is 0 Å². The zero-order valence-electron chi connectivity index (χ0n) is 31.0. The Morgan fingerprint density at radius 3 is 1.59 bits per heavy atom. The highest BCUT2D eigenvalue weighted by Gasteiger charge is 2.26. The summed E-state index contributed by atoms with van der Waals surface area (Å²) in [6.45, 7) is 0. The fourth-order valence-corrected chi connectivity index (χ4v) is 10.1. The summed E-state index contributed by atoms with van der Waals surface area (Å²) in [6.07, 6.45) is 0. The van der Waals surface area contributed by atoms with Crippen LogP contribution in [0.2, 0.25) is 0 Å². The summed E-state index contributed by atoms with van der Waals surface area (Å²) in [5.41, 5.74) is 17.5. The molecule has 278 valence electrons. The maximum atomic E-state index is 4.96. The molecule has 0 unspecified atom stereocenters. The van der Waals surface area contributed by atoms with Gasteiger partial charge in [0.2, 0.25) is 0 Å². The highest BCUT2D eigenvalue weighted by Crippen LogP contribution is 2.47. The molecule has 12 rings (SSSR count). The fourth-order valence-electron chi connectivity index (χ4n) is 8.44. The average molecular weight is 813 g/mol. The summed E-state index contributed by atoms with van der Waals surface area (Å²) < 4.78 is 31.3. The van der Waals surface area contributed by atoms with Gasteiger partial charge >= 0.3 is 0 Å². The van der Waals surface area contributed by atoms with Crippen molar-refractivity contribution in [1.29, 1.82) is 0 Å². The first-order valence-electron chi connectivity index (χ1n) is 19.1. The van der Waals surface area contributed by atoms with Gasteiger partial charge in [0.25, 0.3) is 0 Å². The summed E-state index contributed by atoms with van der Waals surface area (Å²) in [5.74, 6) is 0. The molecular formula is C48H28N8S3. The van der Waals surface area contributed by atoms with Gasteiger partial charge in [-0.1, -0.05) is 115 Å². The molecule has 0 atom stereocenters. The molecule has 8 nitrogen and oxygen atoms in total. The van der Waals surface area contributed by atoms with E-state index in [-0.39, 0.29) is 0 Å². The minimum absolute atomic E-state index is 0.789. The van der Waals surface area contributed by atoms with E-state index in [2.05, 4.69) is 153 Å². The highest BCUT2D eigenvalue weighted by atomic mass is 32.1. The molecule has 0 amide bonds. The lowest BCUT2D eigenvalue weighted by Gasteiger charge is -2.26. The summed E-state index contributed by atoms with van der Waals surface area (Å²) in [5, 5.41) is 2.46. The number of hydrogen-bond donors (Lipinski definition) is 0. The van der Waals surface area contributed by atoms with E-state index in [1.165, 1.54) is 62.6 Å². The molecule has 0 N–H and O–H groups in total. The van der Waals surface area contributed by atoms with E-state index in [9.17, 15) is 0 Å². The van der Waals surface area contributed by atoms with Gasteiger partial charge in [0.1, 0.15) is 33.1 Å². The number of hydrogen-bond acceptors (Lipinski definition) is 10. The Bertz CT molecular complexity index is 3520. The number of anilines is 3. The molecule has 0 bridgehead atoms. The van der Waals surface area contributed by atoms with E-state index in [0.717, 1.165) is 83.7 Å². The lowest BCUT2D eigenvalue weighted by Crippen LogP contribution is -2.12. The van der Waals surface area contributed by atoms with E-state index in [0.29, 0.717) is 0 Å². The first kappa shape index (κ1) is 33.9. The number of para-hydroxylation sites is 3. The number of aromatic nitrogens is 7. The molecule has 0 aliphatic rings. The fraction of sp³-hybridized carbons (Fsp3) is 0. The van der Waals surface area contributed by atoms with Gasteiger partial charge < -0.3 is 9.47 Å². The smallest absolute Gasteiger partial charge is 0.129 e. The second-order valence-electron chi connectivity index (χ2n) is 14.3. The van der Waals surface area contributed by atoms with Crippen LogP contribution in [0.15, 0.2) is 170 Å². The Morgan fingerprint density at radius 2 is 0.881 bits per heavy atom. The predicted octanol–water partition coefficient (Wildman–Crippen LogP) is 13.3. The summed E-state index contributed by atoms with van der Waals surface area (Å²) in [7, 11) is 0. The average Bonchev–Trinajstić information content (AvgIpc) is 4.14. The molecule has 0 aliphatic carbocycles. The van der Waals surface area contributed by atoms with Crippen LogP contribution in [0.5, 0.6) is 0 Å². The Morgan fingerprint density at radius 1 is 0.356 bits per heavy atom. The van der Waals surface area contributed by atoms with Crippen LogP contribution in [0.4, 0.5) is 17.1 Å². The summed E-state index contributed by atoms with van der Waals surface area (Å²) >= 11 is 3.64. The van der Waals surface area contributed by atoms with Crippen molar-refractivity contribution in [3.8, 4) is 39.1 Å². The van der Waals surface area contributed by atoms with Crippen molar-refractivity contribution < 1.29 is 0 Å². The Kier molecular flexibility index (Phi) is 7.90. The largest absolute Gasteiger partial charge is 0.309 e. The van der Waals surface area contributed by atoms with Crippen molar-refractivity contribution in [1.82, 2.24) is 30.8 Å². The Labute approximate surface area is 349 Å². The van der Waals surface area contributed by atoms with Crippen LogP contribution < -0.4 is 4.90 Å². The quantitative estimate of drug-likeness (QED) is 0.158. The van der Waals surface area contributed by atoms with E-state index in [4.69, 9.17) is 21.9 Å². The minimum atomic E-state index is 0.789. The molecule has 0 saturated carbocycles. The number of fused-ring (bicyclic) bond motifs is 6. The number of nitrogens with zero attached hydrogens (tertiary/aromatic N) is 8. The van der Waals surface area contributed by atoms with E-state index in [1.54, 1.807) is 0 Å². The SMILES string of the molecule is c1ccc(-c2ccc(N(c3cccc4nsnc34)c3ccc(-c4ccc(-c5cccc6c7ccccc7n(-c7ccccc7)c56)cc4)c4nsnc34)c3nsnc23)cc1. The summed E-state index contributed by atoms with van der Waals surface area (Å²) in [6, 6.07) is 59.7. The summed E-state index contributed by atoms with van der Waals surface area (Å²) in [4.78, 5) is 2.20. The zero-order chi connectivity index (χ0) is 38.9. The lowest BCUT2D eigenvalue weighted by molar-refractivity contribution is 1.18. The van der Waals surface area contributed by atoms with Crippen LogP contribution in [0, 0.1) is 0 Å². The third-order valence-electron chi connectivity index (χ3n) is 11.1. The molecule has 0 saturated heterocycles. The molecule has 8 aromatic carbocycles. The topological polar surface area (TPSA) is 85.5 Å². The van der Waals surface area contributed by atoms with Gasteiger partial charge in [-0.25, -0.2) is 0 Å². The van der Waals surface area contributed by atoms with Gasteiger partial charge in [0.15, 0.2) is 0 Å². The zero-order valence-corrected chi connectivity index (χ0v) is 33.4. The highest BCUT2D eigenvalue weighted by molar-refractivity contribution is 7.00. The standard InChI is InChI=1S/C48H28N8S3/c1-3-11-29(12-4-1)33-25-27-41(46-43(33)50-58-53-46)56(40-20-10-18-38-45(40)52-57-49-38)42-28-26-34(44-47(42)54-59-51-44)30-21-23-31(24-22-30)35-16-9-17-37-36-15-7-8-19-39(36)55(48(35)37)32-13-5-2-6-14-32/h1-28H. The van der Waals surface area contributed by atoms with Gasteiger partial charge in [0, 0.05) is 33.2 Å². The van der Waals surface area contributed by atoms with Crippen molar-refractivity contribution in [2.24, 2.45) is 0 Å². The number of benzene rings is 8. The van der Waals surface area contributed by atoms with Crippen molar-refractivity contribution in [3.05, 3.63) is 170 Å². The van der Waals surface area contributed by atoms with Crippen LogP contribution in [0.3, 0.4) is 0 Å². The minimum Gasteiger partial charge on any atom is -0.309 e. The molecular weight excluding hydrogens is 785 g/mol. The molecule has 0 spiro atoms. The van der Waals surface area contributed by atoms with Gasteiger partial charge in [-0.2, -0.15) is 26.2 Å². The second kappa shape index (κ2) is 13.7. The maximum absolute atomic E-state index is 4.96. The first-order chi connectivity index (χ1) is 29.3. The van der Waals surface area contributed by atoms with Crippen LogP contribution in [-0.4, -0.2) is 30.8 Å². The van der Waals surface area contributed by atoms with Gasteiger partial charge in [0.05, 0.1) is 63.3 Å². The predicted molar refractivity (Wildman–Crippen MR) is 245 cm³/mol. The Hall–Kier alpha value is -7.18. The van der Waals surface area contributed by atoms with Crippen molar-refractivity contribution in [2.75, 3.05) is 4.90 Å². The maximum Gasteiger partial charge on any atom is 0.129 e. The van der Waals surface area contributed by atoms with E-state index in [1.807, 2.05) is 30.3 Å². The third-order valence-corrected chi connectivity index (χ3v) is 12.7. The Balaban J connectivity index is 1.00. The van der Waals surface area contributed by atoms with Crippen molar-refractivity contribution >= 4 is 107 Å². The molecule has 11 heteroatoms. The molecule has 12 aromatic rings.